The molecule has 0 spiro atoms. The first kappa shape index (κ1) is 18.0. The summed E-state index contributed by atoms with van der Waals surface area (Å²) in [7, 11) is 0. The van der Waals surface area contributed by atoms with Crippen LogP contribution in [-0.4, -0.2) is 53.6 Å². The fraction of sp³-hybridized carbons (Fsp3) is 0.389. The van der Waals surface area contributed by atoms with Gasteiger partial charge in [-0.05, 0) is 31.2 Å². The Morgan fingerprint density at radius 1 is 1.33 bits per heavy atom. The van der Waals surface area contributed by atoms with E-state index < -0.39 is 6.67 Å². The van der Waals surface area contributed by atoms with Gasteiger partial charge in [0.1, 0.15) is 12.4 Å². The zero-order valence-corrected chi connectivity index (χ0v) is 14.1. The second-order valence-corrected chi connectivity index (χ2v) is 5.52. The first-order chi connectivity index (χ1) is 11.6. The average molecular weight is 330 g/mol. The van der Waals surface area contributed by atoms with Gasteiger partial charge in [0, 0.05) is 19.6 Å². The number of nitrogens with one attached hydrogen (secondary N) is 1. The van der Waals surface area contributed by atoms with E-state index in [0.717, 1.165) is 17.6 Å². The van der Waals surface area contributed by atoms with E-state index in [9.17, 15) is 9.18 Å². The summed E-state index contributed by atoms with van der Waals surface area (Å²) in [6.07, 6.45) is 4.79. The van der Waals surface area contributed by atoms with Crippen LogP contribution in [0.2, 0.25) is 0 Å². The van der Waals surface area contributed by atoms with Crippen molar-refractivity contribution in [3.8, 4) is 0 Å². The number of likely N-dealkylation sites (N-methyl/N-ethyl adjacent to an activating group) is 1. The highest BCUT2D eigenvalue weighted by molar-refractivity contribution is 5.93. The van der Waals surface area contributed by atoms with Gasteiger partial charge in [-0.15, -0.1) is 0 Å². The Morgan fingerprint density at radius 3 is 2.92 bits per heavy atom. The van der Waals surface area contributed by atoms with Gasteiger partial charge in [0.25, 0.3) is 5.91 Å². The normalized spacial score (nSPS) is 11.5. The van der Waals surface area contributed by atoms with E-state index in [2.05, 4.69) is 20.2 Å². The minimum absolute atomic E-state index is 0.236. The van der Waals surface area contributed by atoms with Crippen molar-refractivity contribution in [2.45, 2.75) is 13.8 Å². The number of hydrogen-bond acceptors (Lipinski definition) is 4. The molecule has 6 heteroatoms. The van der Waals surface area contributed by atoms with Crippen molar-refractivity contribution >= 4 is 16.9 Å². The number of fused-ring (bicyclic) bond motifs is 1. The number of aryl methyl sites for hydroxylation is 1. The van der Waals surface area contributed by atoms with Crippen LogP contribution in [0.3, 0.4) is 0 Å². The van der Waals surface area contributed by atoms with E-state index in [0.29, 0.717) is 30.8 Å². The summed E-state index contributed by atoms with van der Waals surface area (Å²) in [5.74, 6) is -0.236. The standard InChI is InChI=1S/C18H23FN4O/c1-3-23(10-5-4-8-19)11-9-20-18(24)17-13-21-16-12-14(2)6-7-15(16)22-17/h4-7,12-13H,3,8-11H2,1-2H3,(H,20,24)/b5-4+. The van der Waals surface area contributed by atoms with E-state index in [-0.39, 0.29) is 5.91 Å². The summed E-state index contributed by atoms with van der Waals surface area (Å²) < 4.78 is 12.1. The van der Waals surface area contributed by atoms with Crippen molar-refractivity contribution in [1.82, 2.24) is 20.2 Å². The monoisotopic (exact) mass is 330 g/mol. The molecule has 0 aliphatic carbocycles. The third-order valence-electron chi connectivity index (χ3n) is 3.71. The third kappa shape index (κ3) is 5.09. The molecule has 0 atom stereocenters. The van der Waals surface area contributed by atoms with Crippen molar-refractivity contribution in [1.29, 1.82) is 0 Å². The molecule has 1 N–H and O–H groups in total. The smallest absolute Gasteiger partial charge is 0.271 e. The van der Waals surface area contributed by atoms with Crippen molar-refractivity contribution in [2.24, 2.45) is 0 Å². The average Bonchev–Trinajstić information content (AvgIpc) is 2.59. The van der Waals surface area contributed by atoms with Gasteiger partial charge in [-0.2, -0.15) is 0 Å². The molecular weight excluding hydrogens is 307 g/mol. The highest BCUT2D eigenvalue weighted by atomic mass is 19.1. The highest BCUT2D eigenvalue weighted by Crippen LogP contribution is 2.11. The number of allylic oxidation sites excluding steroid dienone is 1. The maximum Gasteiger partial charge on any atom is 0.271 e. The van der Waals surface area contributed by atoms with Crippen LogP contribution in [0.5, 0.6) is 0 Å². The molecule has 1 heterocycles. The van der Waals surface area contributed by atoms with Gasteiger partial charge in [0.15, 0.2) is 0 Å². The van der Waals surface area contributed by atoms with E-state index >= 15 is 0 Å². The Bertz CT molecular complexity index is 717. The highest BCUT2D eigenvalue weighted by Gasteiger charge is 2.09. The maximum atomic E-state index is 12.2. The van der Waals surface area contributed by atoms with Gasteiger partial charge in [0.2, 0.25) is 0 Å². The number of hydrogen-bond donors (Lipinski definition) is 1. The Hall–Kier alpha value is -2.34. The summed E-state index contributed by atoms with van der Waals surface area (Å²) in [4.78, 5) is 22.9. The zero-order chi connectivity index (χ0) is 17.4. The van der Waals surface area contributed by atoms with Crippen molar-refractivity contribution < 1.29 is 9.18 Å². The van der Waals surface area contributed by atoms with E-state index in [1.165, 1.54) is 12.3 Å². The first-order valence-electron chi connectivity index (χ1n) is 8.09. The van der Waals surface area contributed by atoms with Crippen LogP contribution in [0.1, 0.15) is 23.0 Å². The molecule has 1 aromatic heterocycles. The second-order valence-electron chi connectivity index (χ2n) is 5.52. The summed E-state index contributed by atoms with van der Waals surface area (Å²) in [6.45, 7) is 6.27. The number of carbonyl (C=O) groups excluding carboxylic acids is 1. The number of benzene rings is 1. The van der Waals surface area contributed by atoms with Crippen LogP contribution in [0.15, 0.2) is 36.5 Å². The van der Waals surface area contributed by atoms with Gasteiger partial charge >= 0.3 is 0 Å². The fourth-order valence-electron chi connectivity index (χ4n) is 2.31. The van der Waals surface area contributed by atoms with Gasteiger partial charge in [-0.1, -0.05) is 25.1 Å². The molecule has 1 aromatic carbocycles. The van der Waals surface area contributed by atoms with E-state index in [1.54, 1.807) is 6.08 Å². The predicted octanol–water partition coefficient (Wildman–Crippen LogP) is 2.52. The van der Waals surface area contributed by atoms with Gasteiger partial charge in [-0.3, -0.25) is 14.7 Å². The van der Waals surface area contributed by atoms with Crippen molar-refractivity contribution in [3.63, 3.8) is 0 Å². The Kier molecular flexibility index (Phi) is 6.81. The molecule has 0 saturated carbocycles. The molecular formula is C18H23FN4O. The first-order valence-corrected chi connectivity index (χ1v) is 8.09. The molecule has 0 unspecified atom stereocenters. The topological polar surface area (TPSA) is 58.1 Å². The molecule has 128 valence electrons. The van der Waals surface area contributed by atoms with Gasteiger partial charge in [0.05, 0.1) is 17.2 Å². The number of halogens is 1. The number of nitrogens with zero attached hydrogens (tertiary/aromatic N) is 3. The molecule has 5 nitrogen and oxygen atoms in total. The Labute approximate surface area is 141 Å². The second kappa shape index (κ2) is 9.08. The Balaban J connectivity index is 1.90. The predicted molar refractivity (Wildman–Crippen MR) is 93.8 cm³/mol. The number of alkyl halides is 1. The van der Waals surface area contributed by atoms with Gasteiger partial charge in [-0.25, -0.2) is 9.37 Å². The van der Waals surface area contributed by atoms with Crippen LogP contribution >= 0.6 is 0 Å². The number of carbonyl (C=O) groups is 1. The molecule has 2 aromatic rings. The minimum atomic E-state index is -0.450. The summed E-state index contributed by atoms with van der Waals surface area (Å²) in [5.41, 5.74) is 2.91. The van der Waals surface area contributed by atoms with Crippen LogP contribution in [0.4, 0.5) is 4.39 Å². The molecule has 0 aliphatic rings. The fourth-order valence-corrected chi connectivity index (χ4v) is 2.31. The third-order valence-corrected chi connectivity index (χ3v) is 3.71. The molecule has 0 radical (unpaired) electrons. The number of rotatable bonds is 8. The molecule has 1 amide bonds. The lowest BCUT2D eigenvalue weighted by Gasteiger charge is -2.18. The minimum Gasteiger partial charge on any atom is -0.349 e. The summed E-state index contributed by atoms with van der Waals surface area (Å²) in [6, 6.07) is 5.75. The molecule has 0 aliphatic heterocycles. The lowest BCUT2D eigenvalue weighted by Crippen LogP contribution is -2.35. The van der Waals surface area contributed by atoms with Crippen LogP contribution < -0.4 is 5.32 Å². The SMILES string of the molecule is CCN(C/C=C/CF)CCNC(=O)c1cnc2cc(C)ccc2n1. The van der Waals surface area contributed by atoms with Crippen LogP contribution in [-0.2, 0) is 0 Å². The maximum absolute atomic E-state index is 12.2. The largest absolute Gasteiger partial charge is 0.349 e. The summed E-state index contributed by atoms with van der Waals surface area (Å²) in [5, 5.41) is 2.85. The molecule has 0 fully saturated rings. The van der Waals surface area contributed by atoms with Crippen molar-refractivity contribution in [2.75, 3.05) is 32.9 Å². The van der Waals surface area contributed by atoms with E-state index in [1.807, 2.05) is 32.0 Å². The Morgan fingerprint density at radius 2 is 2.17 bits per heavy atom. The molecule has 0 bridgehead atoms. The molecule has 0 saturated heterocycles. The summed E-state index contributed by atoms with van der Waals surface area (Å²) >= 11 is 0. The molecule has 2 rings (SSSR count). The number of aromatic nitrogens is 2. The lowest BCUT2D eigenvalue weighted by molar-refractivity contribution is 0.0944. The van der Waals surface area contributed by atoms with Gasteiger partial charge < -0.3 is 5.32 Å². The molecule has 24 heavy (non-hydrogen) atoms. The zero-order valence-electron chi connectivity index (χ0n) is 14.1. The van der Waals surface area contributed by atoms with E-state index in [4.69, 9.17) is 0 Å². The quantitative estimate of drug-likeness (QED) is 0.756. The number of amides is 1. The van der Waals surface area contributed by atoms with Crippen LogP contribution in [0, 0.1) is 6.92 Å². The van der Waals surface area contributed by atoms with Crippen molar-refractivity contribution in [3.05, 3.63) is 47.8 Å². The van der Waals surface area contributed by atoms with Crippen LogP contribution in [0.25, 0.3) is 11.0 Å². The lowest BCUT2D eigenvalue weighted by atomic mass is 10.2.